The first-order chi connectivity index (χ1) is 13.0. The number of anilines is 1. The van der Waals surface area contributed by atoms with Crippen molar-refractivity contribution in [3.05, 3.63) is 40.9 Å². The van der Waals surface area contributed by atoms with Crippen LogP contribution in [-0.2, 0) is 12.4 Å². The number of para-hydroxylation sites is 1. The van der Waals surface area contributed by atoms with Crippen LogP contribution in [0.4, 0.5) is 36.3 Å². The van der Waals surface area contributed by atoms with Crippen molar-refractivity contribution in [2.75, 3.05) is 18.4 Å². The molecule has 2 amide bonds. The molecule has 12 heteroatoms. The molecule has 0 radical (unpaired) electrons. The van der Waals surface area contributed by atoms with E-state index in [0.29, 0.717) is 11.3 Å². The van der Waals surface area contributed by atoms with Crippen molar-refractivity contribution >= 4 is 22.5 Å². The van der Waals surface area contributed by atoms with E-state index in [1.807, 2.05) is 0 Å². The lowest BCUT2D eigenvalue weighted by Crippen LogP contribution is -2.34. The highest BCUT2D eigenvalue weighted by Gasteiger charge is 2.36. The number of aromatic nitrogens is 1. The van der Waals surface area contributed by atoms with E-state index < -0.39 is 35.7 Å². The molecule has 1 aliphatic heterocycles. The summed E-state index contributed by atoms with van der Waals surface area (Å²) < 4.78 is 82.1. The van der Waals surface area contributed by atoms with Crippen molar-refractivity contribution < 1.29 is 35.9 Å². The van der Waals surface area contributed by atoms with Crippen LogP contribution in [0.25, 0.3) is 0 Å². The molecule has 0 spiro atoms. The van der Waals surface area contributed by atoms with Gasteiger partial charge in [-0.1, -0.05) is 12.1 Å². The van der Waals surface area contributed by atoms with Crippen molar-refractivity contribution in [2.24, 2.45) is 0 Å². The number of amides is 2. The van der Waals surface area contributed by atoms with Crippen LogP contribution in [0.3, 0.4) is 0 Å². The molecular formula is C16H13F6N3O2S. The van der Waals surface area contributed by atoms with E-state index in [1.54, 1.807) is 0 Å². The largest absolute Gasteiger partial charge is 0.488 e. The standard InChI is InChI=1S/C16H13F6N3O2S/c17-15(18,19)10-3-1-2-4-11(10)27-9-5-6-25(7-9)14(26)24-13-23-12(8-28-13)16(20,21)22/h1-4,8-9H,5-7H2,(H,23,24,26)/t9-/m0/s1. The first-order valence-corrected chi connectivity index (χ1v) is 8.83. The fraction of sp³-hybridized carbons (Fsp3) is 0.375. The number of rotatable bonds is 3. The molecule has 0 bridgehead atoms. The molecule has 1 atom stereocenters. The fourth-order valence-corrected chi connectivity index (χ4v) is 3.33. The van der Waals surface area contributed by atoms with Gasteiger partial charge in [-0.25, -0.2) is 9.78 Å². The summed E-state index contributed by atoms with van der Waals surface area (Å²) in [5.74, 6) is -0.336. The second-order valence-electron chi connectivity index (χ2n) is 5.93. The summed E-state index contributed by atoms with van der Waals surface area (Å²) >= 11 is 0.626. The second-order valence-corrected chi connectivity index (χ2v) is 6.79. The molecule has 0 unspecified atom stereocenters. The average Bonchev–Trinajstić information content (AvgIpc) is 3.23. The average molecular weight is 425 g/mol. The molecule has 1 fully saturated rings. The van der Waals surface area contributed by atoms with Crippen LogP contribution in [0.15, 0.2) is 29.6 Å². The Morgan fingerprint density at radius 2 is 1.89 bits per heavy atom. The zero-order valence-electron chi connectivity index (χ0n) is 14.0. The lowest BCUT2D eigenvalue weighted by molar-refractivity contribution is -0.141. The summed E-state index contributed by atoms with van der Waals surface area (Å²) in [6.07, 6.45) is -9.58. The quantitative estimate of drug-likeness (QED) is 0.715. The monoisotopic (exact) mass is 425 g/mol. The molecule has 152 valence electrons. The van der Waals surface area contributed by atoms with Gasteiger partial charge in [-0.3, -0.25) is 5.32 Å². The number of hydrogen-bond donors (Lipinski definition) is 1. The number of carbonyl (C=O) groups excluding carboxylic acids is 1. The Morgan fingerprint density at radius 1 is 1.18 bits per heavy atom. The summed E-state index contributed by atoms with van der Waals surface area (Å²) in [5, 5.41) is 2.81. The number of benzene rings is 1. The van der Waals surface area contributed by atoms with E-state index >= 15 is 0 Å². The molecule has 1 N–H and O–H groups in total. The summed E-state index contributed by atoms with van der Waals surface area (Å²) in [6.45, 7) is 0.178. The Morgan fingerprint density at radius 3 is 2.54 bits per heavy atom. The van der Waals surface area contributed by atoms with E-state index in [2.05, 4.69) is 10.3 Å². The van der Waals surface area contributed by atoms with Gasteiger partial charge in [0.2, 0.25) is 0 Å². The third-order valence-electron chi connectivity index (χ3n) is 3.93. The van der Waals surface area contributed by atoms with Crippen LogP contribution < -0.4 is 10.1 Å². The van der Waals surface area contributed by atoms with E-state index in [1.165, 1.54) is 23.1 Å². The van der Waals surface area contributed by atoms with Gasteiger partial charge in [0.15, 0.2) is 10.8 Å². The molecular weight excluding hydrogens is 412 g/mol. The van der Waals surface area contributed by atoms with Crippen LogP contribution >= 0.6 is 11.3 Å². The van der Waals surface area contributed by atoms with Crippen LogP contribution in [0.2, 0.25) is 0 Å². The van der Waals surface area contributed by atoms with Crippen molar-refractivity contribution in [3.63, 3.8) is 0 Å². The Balaban J connectivity index is 1.60. The maximum absolute atomic E-state index is 13.0. The maximum atomic E-state index is 13.0. The smallest absolute Gasteiger partial charge is 0.434 e. The molecule has 1 saturated heterocycles. The van der Waals surface area contributed by atoms with Gasteiger partial charge in [0.25, 0.3) is 0 Å². The fourth-order valence-electron chi connectivity index (χ4n) is 2.62. The van der Waals surface area contributed by atoms with Crippen molar-refractivity contribution in [1.82, 2.24) is 9.88 Å². The third kappa shape index (κ3) is 4.66. The van der Waals surface area contributed by atoms with Crippen LogP contribution in [0.1, 0.15) is 17.7 Å². The van der Waals surface area contributed by atoms with Gasteiger partial charge in [0.05, 0.1) is 12.1 Å². The van der Waals surface area contributed by atoms with Gasteiger partial charge in [0, 0.05) is 18.3 Å². The van der Waals surface area contributed by atoms with Crippen LogP contribution in [-0.4, -0.2) is 35.1 Å². The number of urea groups is 1. The summed E-state index contributed by atoms with van der Waals surface area (Å²) in [5.41, 5.74) is -2.03. The highest BCUT2D eigenvalue weighted by Crippen LogP contribution is 2.37. The SMILES string of the molecule is O=C(Nc1nc(C(F)(F)F)cs1)N1CC[C@H](Oc2ccccc2C(F)(F)F)C1. The third-order valence-corrected chi connectivity index (χ3v) is 4.68. The zero-order chi connectivity index (χ0) is 20.5. The normalized spacial score (nSPS) is 17.6. The zero-order valence-corrected chi connectivity index (χ0v) is 14.8. The number of likely N-dealkylation sites (tertiary alicyclic amines) is 1. The van der Waals surface area contributed by atoms with Gasteiger partial charge in [-0.2, -0.15) is 26.3 Å². The Labute approximate surface area is 158 Å². The number of nitrogens with zero attached hydrogens (tertiary/aromatic N) is 2. The van der Waals surface area contributed by atoms with Crippen LogP contribution in [0.5, 0.6) is 5.75 Å². The van der Waals surface area contributed by atoms with Gasteiger partial charge < -0.3 is 9.64 Å². The first-order valence-electron chi connectivity index (χ1n) is 7.95. The minimum absolute atomic E-state index is 0.00444. The van der Waals surface area contributed by atoms with Crippen molar-refractivity contribution in [1.29, 1.82) is 0 Å². The number of ether oxygens (including phenoxy) is 1. The number of hydrogen-bond acceptors (Lipinski definition) is 4. The summed E-state index contributed by atoms with van der Waals surface area (Å²) in [6, 6.07) is 4.05. The highest BCUT2D eigenvalue weighted by molar-refractivity contribution is 7.13. The van der Waals surface area contributed by atoms with Gasteiger partial charge in [-0.15, -0.1) is 11.3 Å². The number of nitrogens with one attached hydrogen (secondary N) is 1. The maximum Gasteiger partial charge on any atom is 0.434 e. The van der Waals surface area contributed by atoms with E-state index in [9.17, 15) is 31.1 Å². The molecule has 3 rings (SSSR count). The van der Waals surface area contributed by atoms with E-state index in [4.69, 9.17) is 4.74 Å². The molecule has 2 aromatic rings. The van der Waals surface area contributed by atoms with Crippen molar-refractivity contribution in [2.45, 2.75) is 24.9 Å². The molecule has 28 heavy (non-hydrogen) atoms. The molecule has 1 aliphatic rings. The molecule has 1 aromatic carbocycles. The molecule has 5 nitrogen and oxygen atoms in total. The minimum atomic E-state index is -4.61. The number of carbonyl (C=O) groups is 1. The minimum Gasteiger partial charge on any atom is -0.488 e. The summed E-state index contributed by atoms with van der Waals surface area (Å²) in [7, 11) is 0. The van der Waals surface area contributed by atoms with E-state index in [0.717, 1.165) is 11.4 Å². The lowest BCUT2D eigenvalue weighted by Gasteiger charge is -2.19. The topological polar surface area (TPSA) is 54.5 Å². The predicted molar refractivity (Wildman–Crippen MR) is 88.2 cm³/mol. The summed E-state index contributed by atoms with van der Waals surface area (Å²) in [4.78, 5) is 16.7. The molecule has 2 heterocycles. The molecule has 0 saturated carbocycles. The number of thiazole rings is 1. The van der Waals surface area contributed by atoms with Gasteiger partial charge in [-0.05, 0) is 12.1 Å². The van der Waals surface area contributed by atoms with Crippen molar-refractivity contribution in [3.8, 4) is 5.75 Å². The van der Waals surface area contributed by atoms with Crippen LogP contribution in [0, 0.1) is 0 Å². The second kappa shape index (κ2) is 7.49. The molecule has 1 aromatic heterocycles. The highest BCUT2D eigenvalue weighted by atomic mass is 32.1. The lowest BCUT2D eigenvalue weighted by atomic mass is 10.2. The predicted octanol–water partition coefficient (Wildman–Crippen LogP) is 4.87. The number of halogens is 6. The number of alkyl halides is 6. The Hall–Kier alpha value is -2.50. The molecule has 0 aliphatic carbocycles. The van der Waals surface area contributed by atoms with Gasteiger partial charge in [0.1, 0.15) is 11.9 Å². The van der Waals surface area contributed by atoms with E-state index in [-0.39, 0.29) is 30.4 Å². The van der Waals surface area contributed by atoms with Gasteiger partial charge >= 0.3 is 18.4 Å². The Kier molecular flexibility index (Phi) is 5.41. The first kappa shape index (κ1) is 20.2. The Bertz CT molecular complexity index is 851.